The molecule has 4 nitrogen and oxygen atoms in total. The van der Waals surface area contributed by atoms with Gasteiger partial charge in [-0.1, -0.05) is 24.6 Å². The van der Waals surface area contributed by atoms with E-state index in [9.17, 15) is 18.0 Å². The minimum atomic E-state index is -4.38. The van der Waals surface area contributed by atoms with Crippen molar-refractivity contribution in [2.45, 2.75) is 56.9 Å². The molecule has 1 N–H and O–H groups in total. The van der Waals surface area contributed by atoms with Crippen LogP contribution in [0.3, 0.4) is 0 Å². The molecule has 1 aliphatic rings. The Hall–Kier alpha value is -1.96. The summed E-state index contributed by atoms with van der Waals surface area (Å²) in [6.07, 6.45) is 0.287. The SMILES string of the molecule is Cc1nc(SCC(=O)Nc2ccc(C(F)(F)F)cc2)n(C2CCCC2)c1C. The lowest BCUT2D eigenvalue weighted by molar-refractivity contribution is -0.137. The first-order valence-corrected chi connectivity index (χ1v) is 9.89. The Bertz CT molecular complexity index is 809. The Morgan fingerprint density at radius 1 is 1.22 bits per heavy atom. The zero-order chi connectivity index (χ0) is 19.6. The van der Waals surface area contributed by atoms with Crippen molar-refractivity contribution in [1.29, 1.82) is 0 Å². The molecule has 1 heterocycles. The molecule has 146 valence electrons. The lowest BCUT2D eigenvalue weighted by atomic mass is 10.2. The number of halogens is 3. The number of carbonyl (C=O) groups is 1. The van der Waals surface area contributed by atoms with Crippen molar-refractivity contribution >= 4 is 23.4 Å². The molecule has 0 atom stereocenters. The average Bonchev–Trinajstić information content (AvgIpc) is 3.21. The smallest absolute Gasteiger partial charge is 0.325 e. The van der Waals surface area contributed by atoms with Gasteiger partial charge in [-0.15, -0.1) is 0 Å². The van der Waals surface area contributed by atoms with E-state index in [0.29, 0.717) is 11.7 Å². The first-order chi connectivity index (χ1) is 12.8. The first kappa shape index (κ1) is 19.8. The van der Waals surface area contributed by atoms with Gasteiger partial charge in [0, 0.05) is 17.4 Å². The standard InChI is InChI=1S/C19H22F3N3OS/c1-12-13(2)25(16-5-3-4-6-16)18(23-12)27-11-17(26)24-15-9-7-14(8-10-15)19(20,21)22/h7-10,16H,3-6,11H2,1-2H3,(H,24,26). The monoisotopic (exact) mass is 397 g/mol. The zero-order valence-electron chi connectivity index (χ0n) is 15.3. The molecule has 1 amide bonds. The topological polar surface area (TPSA) is 46.9 Å². The van der Waals surface area contributed by atoms with Crippen LogP contribution in [0.2, 0.25) is 0 Å². The molecule has 3 rings (SSSR count). The number of anilines is 1. The van der Waals surface area contributed by atoms with Gasteiger partial charge in [0.25, 0.3) is 0 Å². The second-order valence-corrected chi connectivity index (χ2v) is 7.73. The normalized spacial score (nSPS) is 15.3. The fourth-order valence-corrected chi connectivity index (χ4v) is 4.32. The molecular formula is C19H22F3N3OS. The summed E-state index contributed by atoms with van der Waals surface area (Å²) in [5.74, 6) is -0.111. The van der Waals surface area contributed by atoms with Crippen molar-refractivity contribution in [3.63, 3.8) is 0 Å². The summed E-state index contributed by atoms with van der Waals surface area (Å²) in [5, 5.41) is 3.47. The number of rotatable bonds is 5. The number of carbonyl (C=O) groups excluding carboxylic acids is 1. The van der Waals surface area contributed by atoms with Crippen molar-refractivity contribution in [3.8, 4) is 0 Å². The number of aryl methyl sites for hydroxylation is 1. The number of nitrogens with one attached hydrogen (secondary N) is 1. The molecule has 1 fully saturated rings. The predicted molar refractivity (Wildman–Crippen MR) is 100 cm³/mol. The second kappa shape index (κ2) is 7.96. The van der Waals surface area contributed by atoms with Crippen LogP contribution in [-0.4, -0.2) is 21.2 Å². The molecule has 0 radical (unpaired) electrons. The maximum Gasteiger partial charge on any atom is 0.416 e. The van der Waals surface area contributed by atoms with Crippen LogP contribution in [0.25, 0.3) is 0 Å². The number of hydrogen-bond donors (Lipinski definition) is 1. The minimum Gasteiger partial charge on any atom is -0.325 e. The maximum atomic E-state index is 12.6. The quantitative estimate of drug-likeness (QED) is 0.691. The van der Waals surface area contributed by atoms with Crippen LogP contribution in [-0.2, 0) is 11.0 Å². The van der Waals surface area contributed by atoms with Gasteiger partial charge < -0.3 is 9.88 Å². The average molecular weight is 397 g/mol. The van der Waals surface area contributed by atoms with Crippen LogP contribution in [0.1, 0.15) is 48.7 Å². The van der Waals surface area contributed by atoms with Crippen LogP contribution in [0, 0.1) is 13.8 Å². The van der Waals surface area contributed by atoms with Crippen molar-refractivity contribution < 1.29 is 18.0 Å². The van der Waals surface area contributed by atoms with E-state index in [-0.39, 0.29) is 11.7 Å². The minimum absolute atomic E-state index is 0.156. The number of hydrogen-bond acceptors (Lipinski definition) is 3. The Balaban J connectivity index is 1.62. The van der Waals surface area contributed by atoms with Crippen LogP contribution in [0.5, 0.6) is 0 Å². The molecule has 1 aromatic carbocycles. The van der Waals surface area contributed by atoms with Crippen LogP contribution < -0.4 is 5.32 Å². The van der Waals surface area contributed by atoms with Gasteiger partial charge in [-0.25, -0.2) is 4.98 Å². The zero-order valence-corrected chi connectivity index (χ0v) is 16.1. The van der Waals surface area contributed by atoms with Gasteiger partial charge in [0.05, 0.1) is 17.0 Å². The lowest BCUT2D eigenvalue weighted by Gasteiger charge is -2.17. The third kappa shape index (κ3) is 4.66. The van der Waals surface area contributed by atoms with Gasteiger partial charge >= 0.3 is 6.18 Å². The first-order valence-electron chi connectivity index (χ1n) is 8.91. The van der Waals surface area contributed by atoms with Gasteiger partial charge in [0.2, 0.25) is 5.91 Å². The summed E-state index contributed by atoms with van der Waals surface area (Å²) in [7, 11) is 0. The highest BCUT2D eigenvalue weighted by Crippen LogP contribution is 2.35. The third-order valence-electron chi connectivity index (χ3n) is 4.87. The molecule has 1 aromatic heterocycles. The molecule has 0 spiro atoms. The van der Waals surface area contributed by atoms with Gasteiger partial charge in [-0.3, -0.25) is 4.79 Å². The van der Waals surface area contributed by atoms with Crippen molar-refractivity contribution in [2.24, 2.45) is 0 Å². The molecule has 8 heteroatoms. The van der Waals surface area contributed by atoms with E-state index in [1.807, 2.05) is 13.8 Å². The molecule has 1 saturated carbocycles. The molecule has 1 aliphatic carbocycles. The maximum absolute atomic E-state index is 12.6. The second-order valence-electron chi connectivity index (χ2n) is 6.79. The van der Waals surface area contributed by atoms with Gasteiger partial charge in [-0.05, 0) is 51.0 Å². The van der Waals surface area contributed by atoms with E-state index < -0.39 is 11.7 Å². The van der Waals surface area contributed by atoms with Gasteiger partial charge in [-0.2, -0.15) is 13.2 Å². The van der Waals surface area contributed by atoms with Crippen molar-refractivity contribution in [1.82, 2.24) is 9.55 Å². The largest absolute Gasteiger partial charge is 0.416 e. The third-order valence-corrected chi connectivity index (χ3v) is 5.83. The fraction of sp³-hybridized carbons (Fsp3) is 0.474. The number of thioether (sulfide) groups is 1. The molecular weight excluding hydrogens is 375 g/mol. The Morgan fingerprint density at radius 3 is 2.44 bits per heavy atom. The number of imidazole rings is 1. The van der Waals surface area contributed by atoms with Crippen molar-refractivity contribution in [2.75, 3.05) is 11.1 Å². The number of nitrogens with zero attached hydrogens (tertiary/aromatic N) is 2. The lowest BCUT2D eigenvalue weighted by Crippen LogP contribution is -2.15. The summed E-state index contributed by atoms with van der Waals surface area (Å²) in [5.41, 5.74) is 1.71. The molecule has 2 aromatic rings. The Morgan fingerprint density at radius 2 is 1.85 bits per heavy atom. The van der Waals surface area contributed by atoms with E-state index in [0.717, 1.165) is 41.5 Å². The van der Waals surface area contributed by atoms with E-state index in [1.165, 1.54) is 36.7 Å². The van der Waals surface area contributed by atoms with E-state index in [4.69, 9.17) is 0 Å². The van der Waals surface area contributed by atoms with Crippen LogP contribution >= 0.6 is 11.8 Å². The summed E-state index contributed by atoms with van der Waals surface area (Å²) < 4.78 is 40.0. The number of aromatic nitrogens is 2. The summed E-state index contributed by atoms with van der Waals surface area (Å²) in [4.78, 5) is 16.8. The molecule has 0 unspecified atom stereocenters. The molecule has 0 aliphatic heterocycles. The number of benzene rings is 1. The molecule has 27 heavy (non-hydrogen) atoms. The Kier molecular flexibility index (Phi) is 5.83. The van der Waals surface area contributed by atoms with E-state index in [2.05, 4.69) is 14.9 Å². The summed E-state index contributed by atoms with van der Waals surface area (Å²) >= 11 is 1.36. The number of amides is 1. The van der Waals surface area contributed by atoms with Crippen LogP contribution in [0.15, 0.2) is 29.4 Å². The predicted octanol–water partition coefficient (Wildman–Crippen LogP) is 5.36. The summed E-state index contributed by atoms with van der Waals surface area (Å²) in [6, 6.07) is 4.88. The van der Waals surface area contributed by atoms with E-state index in [1.54, 1.807) is 0 Å². The number of alkyl halides is 3. The molecule has 0 saturated heterocycles. The van der Waals surface area contributed by atoms with Crippen molar-refractivity contribution in [3.05, 3.63) is 41.2 Å². The van der Waals surface area contributed by atoms with E-state index >= 15 is 0 Å². The summed E-state index contributed by atoms with van der Waals surface area (Å²) in [6.45, 7) is 4.01. The fourth-order valence-electron chi connectivity index (χ4n) is 3.36. The molecule has 0 bridgehead atoms. The Labute approximate surface area is 160 Å². The highest BCUT2D eigenvalue weighted by Gasteiger charge is 2.30. The van der Waals surface area contributed by atoms with Gasteiger partial charge in [0.1, 0.15) is 0 Å². The van der Waals surface area contributed by atoms with Gasteiger partial charge in [0.15, 0.2) is 5.16 Å². The highest BCUT2D eigenvalue weighted by atomic mass is 32.2. The highest BCUT2D eigenvalue weighted by molar-refractivity contribution is 7.99. The van der Waals surface area contributed by atoms with Crippen LogP contribution in [0.4, 0.5) is 18.9 Å².